The molecule has 2 aromatic heterocycles. The van der Waals surface area contributed by atoms with Crippen molar-refractivity contribution in [1.29, 1.82) is 0 Å². The summed E-state index contributed by atoms with van der Waals surface area (Å²) in [5, 5.41) is 0. The topological polar surface area (TPSA) is 77.7 Å². The molecule has 0 amide bonds. The minimum atomic E-state index is -0.277. The molecule has 3 atom stereocenters. The first kappa shape index (κ1) is 16.9. The standard InChI is InChI=1S/C20H22N2O4/c1-12-5-6-17-21-16(9-18(23)22(17)10-12)11-26-20(25)15-7-13-3-2-4-14(8-15)19(13)24/h5-6,9-10,13-15H,2-4,7-8,11H2,1H3/t13-,14+,15?. The second kappa shape index (κ2) is 6.67. The number of esters is 1. The second-order valence-electron chi connectivity index (χ2n) is 7.52. The number of nitrogens with zero attached hydrogens (tertiary/aromatic N) is 2. The molecular weight excluding hydrogens is 332 g/mol. The third-order valence-electron chi connectivity index (χ3n) is 5.60. The number of pyridine rings is 1. The fourth-order valence-electron chi connectivity index (χ4n) is 4.27. The van der Waals surface area contributed by atoms with Crippen LogP contribution in [0, 0.1) is 24.7 Å². The van der Waals surface area contributed by atoms with E-state index in [1.807, 2.05) is 13.0 Å². The van der Waals surface area contributed by atoms with E-state index in [-0.39, 0.29) is 35.9 Å². The maximum atomic E-state index is 12.5. The third kappa shape index (κ3) is 3.16. The van der Waals surface area contributed by atoms with Crippen LogP contribution in [-0.4, -0.2) is 21.1 Å². The summed E-state index contributed by atoms with van der Waals surface area (Å²) in [7, 11) is 0. The molecule has 0 aliphatic heterocycles. The molecular formula is C20H22N2O4. The SMILES string of the molecule is Cc1ccc2nc(COC(=O)C3C[C@H]4CCC[C@@H](C3)C4=O)cc(=O)n2c1. The lowest BCUT2D eigenvalue weighted by Crippen LogP contribution is -2.39. The predicted octanol–water partition coefficient (Wildman–Crippen LogP) is 2.44. The highest BCUT2D eigenvalue weighted by molar-refractivity contribution is 5.87. The van der Waals surface area contributed by atoms with Crippen LogP contribution in [0.15, 0.2) is 29.2 Å². The molecule has 2 fully saturated rings. The van der Waals surface area contributed by atoms with Crippen molar-refractivity contribution in [3.63, 3.8) is 0 Å². The molecule has 136 valence electrons. The predicted molar refractivity (Wildman–Crippen MR) is 94.6 cm³/mol. The lowest BCUT2D eigenvalue weighted by Gasteiger charge is -2.36. The van der Waals surface area contributed by atoms with E-state index in [1.54, 1.807) is 12.3 Å². The summed E-state index contributed by atoms with van der Waals surface area (Å²) in [6.07, 6.45) is 5.79. The van der Waals surface area contributed by atoms with Crippen LogP contribution < -0.4 is 5.56 Å². The Morgan fingerprint density at radius 3 is 2.69 bits per heavy atom. The molecule has 2 saturated carbocycles. The molecule has 26 heavy (non-hydrogen) atoms. The molecule has 6 heteroatoms. The first-order valence-electron chi connectivity index (χ1n) is 9.20. The van der Waals surface area contributed by atoms with E-state index < -0.39 is 0 Å². The number of carbonyl (C=O) groups is 2. The summed E-state index contributed by atoms with van der Waals surface area (Å²) in [6, 6.07) is 5.06. The van der Waals surface area contributed by atoms with Crippen LogP contribution in [0.4, 0.5) is 0 Å². The average molecular weight is 354 g/mol. The quantitative estimate of drug-likeness (QED) is 0.791. The molecule has 0 aromatic carbocycles. The number of fused-ring (bicyclic) bond motifs is 3. The van der Waals surface area contributed by atoms with E-state index in [0.29, 0.717) is 30.0 Å². The zero-order valence-corrected chi connectivity index (χ0v) is 14.8. The Kier molecular flexibility index (Phi) is 4.34. The fourth-order valence-corrected chi connectivity index (χ4v) is 4.27. The van der Waals surface area contributed by atoms with Crippen molar-refractivity contribution in [3.8, 4) is 0 Å². The number of hydrogen-bond acceptors (Lipinski definition) is 5. The van der Waals surface area contributed by atoms with E-state index >= 15 is 0 Å². The molecule has 2 aliphatic carbocycles. The van der Waals surface area contributed by atoms with Gasteiger partial charge in [-0.25, -0.2) is 4.98 Å². The van der Waals surface area contributed by atoms with Gasteiger partial charge in [-0.1, -0.05) is 12.5 Å². The van der Waals surface area contributed by atoms with Crippen LogP contribution in [0.5, 0.6) is 0 Å². The first-order chi connectivity index (χ1) is 12.5. The summed E-state index contributed by atoms with van der Waals surface area (Å²) in [4.78, 5) is 41.2. The van der Waals surface area contributed by atoms with Gasteiger partial charge in [0.2, 0.25) is 0 Å². The van der Waals surface area contributed by atoms with Crippen molar-refractivity contribution in [2.24, 2.45) is 17.8 Å². The van der Waals surface area contributed by atoms with Crippen LogP contribution in [-0.2, 0) is 20.9 Å². The van der Waals surface area contributed by atoms with E-state index in [2.05, 4.69) is 4.98 Å². The van der Waals surface area contributed by atoms with Crippen molar-refractivity contribution < 1.29 is 14.3 Å². The molecule has 0 spiro atoms. The number of Topliss-reactive ketones (excluding diaryl/α,β-unsaturated/α-hetero) is 1. The van der Waals surface area contributed by atoms with E-state index in [4.69, 9.17) is 4.74 Å². The molecule has 2 aromatic rings. The van der Waals surface area contributed by atoms with Crippen LogP contribution in [0.3, 0.4) is 0 Å². The van der Waals surface area contributed by atoms with E-state index in [0.717, 1.165) is 24.8 Å². The van der Waals surface area contributed by atoms with Crippen LogP contribution in [0.25, 0.3) is 5.65 Å². The number of ether oxygens (including phenoxy) is 1. The highest BCUT2D eigenvalue weighted by atomic mass is 16.5. The van der Waals surface area contributed by atoms with Gasteiger partial charge in [0.1, 0.15) is 18.0 Å². The Bertz CT molecular complexity index is 917. The summed E-state index contributed by atoms with van der Waals surface area (Å²) in [5.74, 6) is -0.120. The third-order valence-corrected chi connectivity index (χ3v) is 5.60. The normalized spacial score (nSPS) is 25.3. The maximum Gasteiger partial charge on any atom is 0.309 e. The van der Waals surface area contributed by atoms with Gasteiger partial charge in [0.15, 0.2) is 0 Å². The Morgan fingerprint density at radius 2 is 1.96 bits per heavy atom. The number of ketones is 1. The monoisotopic (exact) mass is 354 g/mol. The van der Waals surface area contributed by atoms with Gasteiger partial charge in [0.25, 0.3) is 5.56 Å². The molecule has 6 nitrogen and oxygen atoms in total. The molecule has 2 heterocycles. The van der Waals surface area contributed by atoms with Crippen molar-refractivity contribution in [2.45, 2.75) is 45.6 Å². The van der Waals surface area contributed by atoms with Gasteiger partial charge < -0.3 is 4.74 Å². The zero-order chi connectivity index (χ0) is 18.3. The number of carbonyl (C=O) groups excluding carboxylic acids is 2. The Labute approximate surface area is 151 Å². The van der Waals surface area contributed by atoms with Crippen LogP contribution in [0.2, 0.25) is 0 Å². The van der Waals surface area contributed by atoms with Crippen molar-refractivity contribution in [3.05, 3.63) is 46.0 Å². The van der Waals surface area contributed by atoms with E-state index in [1.165, 1.54) is 10.5 Å². The largest absolute Gasteiger partial charge is 0.459 e. The number of hydrogen-bond donors (Lipinski definition) is 0. The Balaban J connectivity index is 1.45. The van der Waals surface area contributed by atoms with Gasteiger partial charge >= 0.3 is 5.97 Å². The summed E-state index contributed by atoms with van der Waals surface area (Å²) in [6.45, 7) is 1.89. The zero-order valence-electron chi connectivity index (χ0n) is 14.8. The molecule has 0 saturated heterocycles. The Hall–Kier alpha value is -2.50. The van der Waals surface area contributed by atoms with Crippen molar-refractivity contribution in [1.82, 2.24) is 9.38 Å². The smallest absolute Gasteiger partial charge is 0.309 e. The van der Waals surface area contributed by atoms with Gasteiger partial charge in [-0.2, -0.15) is 0 Å². The first-order valence-corrected chi connectivity index (χ1v) is 9.20. The van der Waals surface area contributed by atoms with Gasteiger partial charge in [0, 0.05) is 24.1 Å². The fraction of sp³-hybridized carbons (Fsp3) is 0.500. The van der Waals surface area contributed by atoms with Gasteiger partial charge in [-0.05, 0) is 44.2 Å². The van der Waals surface area contributed by atoms with Crippen LogP contribution >= 0.6 is 0 Å². The highest BCUT2D eigenvalue weighted by Gasteiger charge is 2.41. The summed E-state index contributed by atoms with van der Waals surface area (Å²) >= 11 is 0. The molecule has 4 rings (SSSR count). The average Bonchev–Trinajstić information content (AvgIpc) is 2.60. The second-order valence-corrected chi connectivity index (χ2v) is 7.52. The maximum absolute atomic E-state index is 12.5. The lowest BCUT2D eigenvalue weighted by atomic mass is 9.67. The molecule has 1 unspecified atom stereocenters. The lowest BCUT2D eigenvalue weighted by molar-refractivity contribution is -0.154. The van der Waals surface area contributed by atoms with Gasteiger partial charge in [-0.15, -0.1) is 0 Å². The highest BCUT2D eigenvalue weighted by Crippen LogP contribution is 2.40. The number of aryl methyl sites for hydroxylation is 1. The van der Waals surface area contributed by atoms with Gasteiger partial charge in [0.05, 0.1) is 11.6 Å². The van der Waals surface area contributed by atoms with Crippen molar-refractivity contribution in [2.75, 3.05) is 0 Å². The van der Waals surface area contributed by atoms with Crippen molar-refractivity contribution >= 4 is 17.4 Å². The summed E-state index contributed by atoms with van der Waals surface area (Å²) < 4.78 is 6.92. The number of aromatic nitrogens is 2. The minimum absolute atomic E-state index is 0.0156. The Morgan fingerprint density at radius 1 is 1.23 bits per heavy atom. The van der Waals surface area contributed by atoms with E-state index in [9.17, 15) is 14.4 Å². The van der Waals surface area contributed by atoms with Gasteiger partial charge in [-0.3, -0.25) is 18.8 Å². The van der Waals surface area contributed by atoms with Crippen LogP contribution in [0.1, 0.15) is 43.4 Å². The molecule has 0 N–H and O–H groups in total. The molecule has 0 radical (unpaired) electrons. The minimum Gasteiger partial charge on any atom is -0.459 e. The molecule has 2 bridgehead atoms. The number of rotatable bonds is 3. The summed E-state index contributed by atoms with van der Waals surface area (Å²) in [5.41, 5.74) is 1.76. The molecule has 2 aliphatic rings.